The summed E-state index contributed by atoms with van der Waals surface area (Å²) in [4.78, 5) is 34.6. The van der Waals surface area contributed by atoms with Crippen molar-refractivity contribution in [1.29, 1.82) is 0 Å². The van der Waals surface area contributed by atoms with E-state index in [0.29, 0.717) is 5.56 Å². The molecule has 0 heterocycles. The Balaban J connectivity index is 2.92. The van der Waals surface area contributed by atoms with Crippen molar-refractivity contribution < 1.29 is 29.3 Å². The van der Waals surface area contributed by atoms with Crippen LogP contribution in [-0.4, -0.2) is 39.9 Å². The molecular weight excluding hydrogens is 302 g/mol. The number of carboxylic acid groups (broad SMARTS) is 2. The summed E-state index contributed by atoms with van der Waals surface area (Å²) in [6.07, 6.45) is -0.993. The van der Waals surface area contributed by atoms with Crippen molar-refractivity contribution in [2.45, 2.75) is 38.8 Å². The van der Waals surface area contributed by atoms with Gasteiger partial charge in [-0.15, -0.1) is 0 Å². The van der Waals surface area contributed by atoms with Gasteiger partial charge < -0.3 is 20.3 Å². The van der Waals surface area contributed by atoms with E-state index in [-0.39, 0.29) is 6.42 Å². The minimum absolute atomic E-state index is 0.0249. The van der Waals surface area contributed by atoms with Gasteiger partial charge in [0.2, 0.25) is 0 Å². The van der Waals surface area contributed by atoms with Gasteiger partial charge in [-0.05, 0) is 32.8 Å². The molecular formula is C16H21NO6. The molecule has 0 aliphatic rings. The number of nitrogens with one attached hydrogen (secondary N) is 1. The molecule has 3 N–H and O–H groups in total. The molecule has 1 rings (SSSR count). The van der Waals surface area contributed by atoms with Gasteiger partial charge in [-0.3, -0.25) is 4.79 Å². The quantitative estimate of drug-likeness (QED) is 0.737. The van der Waals surface area contributed by atoms with E-state index in [0.717, 1.165) is 0 Å². The van der Waals surface area contributed by atoms with E-state index in [9.17, 15) is 24.6 Å². The molecule has 0 saturated carbocycles. The maximum atomic E-state index is 11.8. The SMILES string of the molecule is CC(C)(C)OC(=O)N[C@H](C(=O)O)[C@H](Cc1ccccc1)C(=O)O. The van der Waals surface area contributed by atoms with Crippen LogP contribution in [0.15, 0.2) is 30.3 Å². The largest absolute Gasteiger partial charge is 0.481 e. The highest BCUT2D eigenvalue weighted by molar-refractivity contribution is 5.86. The van der Waals surface area contributed by atoms with Gasteiger partial charge >= 0.3 is 18.0 Å². The maximum Gasteiger partial charge on any atom is 0.408 e. The van der Waals surface area contributed by atoms with Gasteiger partial charge in [-0.25, -0.2) is 9.59 Å². The number of rotatable bonds is 6. The molecule has 0 unspecified atom stereocenters. The van der Waals surface area contributed by atoms with E-state index in [1.54, 1.807) is 51.1 Å². The predicted octanol–water partition coefficient (Wildman–Crippen LogP) is 1.91. The predicted molar refractivity (Wildman–Crippen MR) is 82.1 cm³/mol. The lowest BCUT2D eigenvalue weighted by atomic mass is 9.92. The summed E-state index contributed by atoms with van der Waals surface area (Å²) in [5, 5.41) is 20.8. The van der Waals surface area contributed by atoms with Crippen LogP contribution in [0, 0.1) is 5.92 Å². The van der Waals surface area contributed by atoms with Crippen LogP contribution in [0.2, 0.25) is 0 Å². The number of carbonyl (C=O) groups is 3. The van der Waals surface area contributed by atoms with Gasteiger partial charge in [0, 0.05) is 0 Å². The molecule has 0 aliphatic carbocycles. The number of carbonyl (C=O) groups excluding carboxylic acids is 1. The molecule has 0 aromatic heterocycles. The summed E-state index contributed by atoms with van der Waals surface area (Å²) in [7, 11) is 0. The van der Waals surface area contributed by atoms with Gasteiger partial charge in [-0.2, -0.15) is 0 Å². The van der Waals surface area contributed by atoms with Crippen molar-refractivity contribution in [2.75, 3.05) is 0 Å². The zero-order valence-corrected chi connectivity index (χ0v) is 13.3. The van der Waals surface area contributed by atoms with Crippen LogP contribution >= 0.6 is 0 Å². The lowest BCUT2D eigenvalue weighted by molar-refractivity contribution is -0.150. The van der Waals surface area contributed by atoms with E-state index < -0.39 is 35.6 Å². The first-order valence-electron chi connectivity index (χ1n) is 7.09. The lowest BCUT2D eigenvalue weighted by Gasteiger charge is -2.25. The maximum absolute atomic E-state index is 11.8. The Morgan fingerprint density at radius 3 is 2.09 bits per heavy atom. The summed E-state index contributed by atoms with van der Waals surface area (Å²) in [5.41, 5.74) is -0.150. The fraction of sp³-hybridized carbons (Fsp3) is 0.438. The molecule has 0 fully saturated rings. The van der Waals surface area contributed by atoms with E-state index in [2.05, 4.69) is 5.32 Å². The van der Waals surface area contributed by atoms with Gasteiger partial charge in [0.15, 0.2) is 0 Å². The Labute approximate surface area is 134 Å². The highest BCUT2D eigenvalue weighted by atomic mass is 16.6. The van der Waals surface area contributed by atoms with E-state index in [1.807, 2.05) is 0 Å². The third-order valence-electron chi connectivity index (χ3n) is 2.96. The molecule has 1 amide bonds. The third kappa shape index (κ3) is 6.37. The van der Waals surface area contributed by atoms with Crippen molar-refractivity contribution in [3.63, 3.8) is 0 Å². The highest BCUT2D eigenvalue weighted by Gasteiger charge is 2.36. The monoisotopic (exact) mass is 323 g/mol. The molecule has 0 bridgehead atoms. The Bertz CT molecular complexity index is 564. The van der Waals surface area contributed by atoms with Crippen molar-refractivity contribution in [3.05, 3.63) is 35.9 Å². The molecule has 1 aromatic rings. The highest BCUT2D eigenvalue weighted by Crippen LogP contribution is 2.15. The molecule has 0 aliphatic heterocycles. The third-order valence-corrected chi connectivity index (χ3v) is 2.96. The van der Waals surface area contributed by atoms with Crippen LogP contribution in [-0.2, 0) is 20.7 Å². The summed E-state index contributed by atoms with van der Waals surface area (Å²) < 4.78 is 4.99. The van der Waals surface area contributed by atoms with E-state index in [4.69, 9.17) is 4.74 Å². The molecule has 0 spiro atoms. The molecule has 2 atom stereocenters. The summed E-state index contributed by atoms with van der Waals surface area (Å²) >= 11 is 0. The fourth-order valence-electron chi connectivity index (χ4n) is 1.98. The zero-order valence-electron chi connectivity index (χ0n) is 13.3. The number of carboxylic acids is 2. The van der Waals surface area contributed by atoms with Crippen molar-refractivity contribution in [1.82, 2.24) is 5.32 Å². The lowest BCUT2D eigenvalue weighted by Crippen LogP contribution is -2.50. The van der Waals surface area contributed by atoms with Crippen LogP contribution in [0.3, 0.4) is 0 Å². The average molecular weight is 323 g/mol. The summed E-state index contributed by atoms with van der Waals surface area (Å²) in [6.45, 7) is 4.88. The number of alkyl carbamates (subject to hydrolysis) is 1. The first-order chi connectivity index (χ1) is 10.6. The topological polar surface area (TPSA) is 113 Å². The average Bonchev–Trinajstić information content (AvgIpc) is 2.41. The molecule has 7 heteroatoms. The number of hydrogen-bond acceptors (Lipinski definition) is 4. The smallest absolute Gasteiger partial charge is 0.408 e. The standard InChI is InChI=1S/C16H21NO6/c1-16(2,3)23-15(22)17-12(14(20)21)11(13(18)19)9-10-7-5-4-6-8-10/h4-8,11-12H,9H2,1-3H3,(H,17,22)(H,18,19)(H,20,21)/t11-,12-/m0/s1. The summed E-state index contributed by atoms with van der Waals surface area (Å²) in [5.74, 6) is -4.06. The number of amides is 1. The number of hydrogen-bond donors (Lipinski definition) is 3. The van der Waals surface area contributed by atoms with Gasteiger partial charge in [0.05, 0.1) is 5.92 Å². The molecule has 7 nitrogen and oxygen atoms in total. The molecule has 0 saturated heterocycles. The first-order valence-corrected chi connectivity index (χ1v) is 7.09. The van der Waals surface area contributed by atoms with Crippen LogP contribution in [0.5, 0.6) is 0 Å². The molecule has 23 heavy (non-hydrogen) atoms. The van der Waals surface area contributed by atoms with Crippen LogP contribution in [0.25, 0.3) is 0 Å². The second kappa shape index (κ2) is 7.62. The molecule has 126 valence electrons. The Morgan fingerprint density at radius 2 is 1.65 bits per heavy atom. The normalized spacial score (nSPS) is 13.7. The van der Waals surface area contributed by atoms with Gasteiger partial charge in [0.25, 0.3) is 0 Å². The Hall–Kier alpha value is -2.57. The number of aliphatic carboxylic acids is 2. The van der Waals surface area contributed by atoms with Crippen LogP contribution in [0.4, 0.5) is 4.79 Å². The van der Waals surface area contributed by atoms with Gasteiger partial charge in [0.1, 0.15) is 11.6 Å². The zero-order chi connectivity index (χ0) is 17.6. The number of benzene rings is 1. The van der Waals surface area contributed by atoms with Crippen molar-refractivity contribution >= 4 is 18.0 Å². The first kappa shape index (κ1) is 18.5. The fourth-order valence-corrected chi connectivity index (χ4v) is 1.98. The van der Waals surface area contributed by atoms with Crippen molar-refractivity contribution in [3.8, 4) is 0 Å². The second-order valence-corrected chi connectivity index (χ2v) is 6.10. The van der Waals surface area contributed by atoms with E-state index in [1.165, 1.54) is 0 Å². The second-order valence-electron chi connectivity index (χ2n) is 6.10. The minimum Gasteiger partial charge on any atom is -0.481 e. The van der Waals surface area contributed by atoms with Crippen LogP contribution < -0.4 is 5.32 Å². The van der Waals surface area contributed by atoms with Crippen molar-refractivity contribution in [2.24, 2.45) is 5.92 Å². The Morgan fingerprint density at radius 1 is 1.09 bits per heavy atom. The van der Waals surface area contributed by atoms with Gasteiger partial charge in [-0.1, -0.05) is 30.3 Å². The van der Waals surface area contributed by atoms with Crippen LogP contribution in [0.1, 0.15) is 26.3 Å². The van der Waals surface area contributed by atoms with E-state index >= 15 is 0 Å². The Kier molecular flexibility index (Phi) is 6.12. The number of ether oxygens (including phenoxy) is 1. The molecule has 0 radical (unpaired) electrons. The molecule has 1 aromatic carbocycles. The summed E-state index contributed by atoms with van der Waals surface area (Å²) in [6, 6.07) is 7.02. The minimum atomic E-state index is -1.59.